The molecule has 1 rings (SSSR count). The predicted molar refractivity (Wildman–Crippen MR) is 73.0 cm³/mol. The maximum atomic E-state index is 11.8. The molecule has 0 fully saturated rings. The van der Waals surface area contributed by atoms with Gasteiger partial charge in [0, 0.05) is 6.54 Å². The van der Waals surface area contributed by atoms with Crippen molar-refractivity contribution in [3.63, 3.8) is 0 Å². The van der Waals surface area contributed by atoms with E-state index in [0.717, 1.165) is 0 Å². The van der Waals surface area contributed by atoms with Crippen LogP contribution in [0.3, 0.4) is 0 Å². The molecule has 100 valence electrons. The Balaban J connectivity index is 2.52. The Morgan fingerprint density at radius 3 is 2.61 bits per heavy atom. The minimum Gasteiger partial charge on any atom is -0.359 e. The molecule has 1 atom stereocenters. The number of nitrogens with two attached hydrogens (primary N) is 1. The number of hydrogen-bond acceptors (Lipinski definition) is 5. The lowest BCUT2D eigenvalue weighted by Crippen LogP contribution is -2.39. The molecule has 0 aliphatic heterocycles. The Kier molecular flexibility index (Phi) is 5.38. The van der Waals surface area contributed by atoms with Crippen LogP contribution >= 0.6 is 0 Å². The van der Waals surface area contributed by atoms with Gasteiger partial charge in [0.2, 0.25) is 5.91 Å². The molecule has 18 heavy (non-hydrogen) atoms. The normalized spacial score (nSPS) is 12.1. The van der Waals surface area contributed by atoms with E-state index in [-0.39, 0.29) is 11.9 Å². The molecule has 0 aromatic carbocycles. The van der Waals surface area contributed by atoms with E-state index < -0.39 is 0 Å². The molecule has 1 heterocycles. The summed E-state index contributed by atoms with van der Waals surface area (Å²) in [6, 6.07) is 5.00. The van der Waals surface area contributed by atoms with Crippen LogP contribution in [0.25, 0.3) is 0 Å². The summed E-state index contributed by atoms with van der Waals surface area (Å²) >= 11 is 0. The summed E-state index contributed by atoms with van der Waals surface area (Å²) in [6.45, 7) is 6.56. The van der Waals surface area contributed by atoms with Gasteiger partial charge in [0.15, 0.2) is 0 Å². The van der Waals surface area contributed by atoms with Crippen LogP contribution in [-0.4, -0.2) is 23.5 Å². The number of rotatable bonds is 6. The van der Waals surface area contributed by atoms with Crippen molar-refractivity contribution in [3.8, 4) is 0 Å². The van der Waals surface area contributed by atoms with Crippen molar-refractivity contribution in [1.29, 1.82) is 0 Å². The van der Waals surface area contributed by atoms with Crippen LogP contribution in [0.4, 0.5) is 11.6 Å². The molecule has 1 aromatic rings. The van der Waals surface area contributed by atoms with E-state index in [2.05, 4.69) is 34.9 Å². The first-order valence-corrected chi connectivity index (χ1v) is 6.01. The van der Waals surface area contributed by atoms with E-state index >= 15 is 0 Å². The van der Waals surface area contributed by atoms with Gasteiger partial charge >= 0.3 is 0 Å². The number of aromatic nitrogens is 1. The Labute approximate surface area is 107 Å². The second-order valence-electron chi connectivity index (χ2n) is 4.56. The van der Waals surface area contributed by atoms with E-state index in [9.17, 15) is 4.79 Å². The minimum atomic E-state index is -0.343. The number of hydrazine groups is 1. The summed E-state index contributed by atoms with van der Waals surface area (Å²) in [6.07, 6.45) is 0. The van der Waals surface area contributed by atoms with Gasteiger partial charge in [0.25, 0.3) is 0 Å². The van der Waals surface area contributed by atoms with Crippen LogP contribution in [0.5, 0.6) is 0 Å². The number of anilines is 2. The molecular weight excluding hydrogens is 230 g/mol. The molecule has 0 aliphatic rings. The molecule has 1 unspecified atom stereocenters. The number of nitrogens with one attached hydrogen (secondary N) is 3. The SMILES string of the molecule is CC(C)CNC(=O)C(C)Nc1cccc(NN)n1. The molecule has 6 heteroatoms. The van der Waals surface area contributed by atoms with E-state index in [0.29, 0.717) is 24.1 Å². The first-order valence-electron chi connectivity index (χ1n) is 6.01. The fourth-order valence-electron chi connectivity index (χ4n) is 1.34. The van der Waals surface area contributed by atoms with Crippen molar-refractivity contribution in [1.82, 2.24) is 10.3 Å². The molecule has 6 nitrogen and oxygen atoms in total. The monoisotopic (exact) mass is 251 g/mol. The van der Waals surface area contributed by atoms with Crippen molar-refractivity contribution >= 4 is 17.5 Å². The quantitative estimate of drug-likeness (QED) is 0.446. The molecule has 1 aromatic heterocycles. The summed E-state index contributed by atoms with van der Waals surface area (Å²) in [5.74, 6) is 6.82. The minimum absolute atomic E-state index is 0.0448. The summed E-state index contributed by atoms with van der Waals surface area (Å²) in [7, 11) is 0. The van der Waals surface area contributed by atoms with Crippen molar-refractivity contribution in [2.45, 2.75) is 26.8 Å². The summed E-state index contributed by atoms with van der Waals surface area (Å²) in [5, 5.41) is 5.88. The molecule has 0 radical (unpaired) electrons. The van der Waals surface area contributed by atoms with Crippen LogP contribution in [0.15, 0.2) is 18.2 Å². The van der Waals surface area contributed by atoms with Gasteiger partial charge in [0.05, 0.1) is 0 Å². The summed E-state index contributed by atoms with van der Waals surface area (Å²) in [4.78, 5) is 15.9. The second kappa shape index (κ2) is 6.80. The van der Waals surface area contributed by atoms with Gasteiger partial charge in [-0.25, -0.2) is 10.8 Å². The highest BCUT2D eigenvalue weighted by Crippen LogP contribution is 2.09. The summed E-state index contributed by atoms with van der Waals surface area (Å²) < 4.78 is 0. The van der Waals surface area contributed by atoms with Crippen LogP contribution in [-0.2, 0) is 4.79 Å². The Morgan fingerprint density at radius 2 is 2.00 bits per heavy atom. The van der Waals surface area contributed by atoms with Gasteiger partial charge in [-0.3, -0.25) is 4.79 Å². The van der Waals surface area contributed by atoms with Crippen LogP contribution in [0, 0.1) is 5.92 Å². The van der Waals surface area contributed by atoms with Gasteiger partial charge in [-0.05, 0) is 25.0 Å². The zero-order chi connectivity index (χ0) is 13.5. The molecule has 1 amide bonds. The van der Waals surface area contributed by atoms with Gasteiger partial charge in [-0.15, -0.1) is 0 Å². The third kappa shape index (κ3) is 4.58. The fraction of sp³-hybridized carbons (Fsp3) is 0.500. The zero-order valence-electron chi connectivity index (χ0n) is 11.0. The lowest BCUT2D eigenvalue weighted by Gasteiger charge is -2.16. The van der Waals surface area contributed by atoms with E-state index in [1.807, 2.05) is 6.07 Å². The van der Waals surface area contributed by atoms with Crippen LogP contribution in [0.1, 0.15) is 20.8 Å². The van der Waals surface area contributed by atoms with Crippen molar-refractivity contribution in [2.75, 3.05) is 17.3 Å². The van der Waals surface area contributed by atoms with E-state index in [4.69, 9.17) is 5.84 Å². The molecular formula is C12H21N5O. The molecule has 5 N–H and O–H groups in total. The number of nitrogens with zero attached hydrogens (tertiary/aromatic N) is 1. The largest absolute Gasteiger partial charge is 0.359 e. The van der Waals surface area contributed by atoms with Crippen LogP contribution in [0.2, 0.25) is 0 Å². The second-order valence-corrected chi connectivity index (χ2v) is 4.56. The van der Waals surface area contributed by atoms with E-state index in [1.165, 1.54) is 0 Å². The molecule has 0 aliphatic carbocycles. The predicted octanol–water partition coefficient (Wildman–Crippen LogP) is 0.940. The van der Waals surface area contributed by atoms with Gasteiger partial charge in [-0.1, -0.05) is 19.9 Å². The third-order valence-corrected chi connectivity index (χ3v) is 2.34. The highest BCUT2D eigenvalue weighted by molar-refractivity contribution is 5.83. The maximum absolute atomic E-state index is 11.8. The third-order valence-electron chi connectivity index (χ3n) is 2.34. The van der Waals surface area contributed by atoms with Gasteiger partial charge in [-0.2, -0.15) is 0 Å². The Morgan fingerprint density at radius 1 is 1.33 bits per heavy atom. The number of carbonyl (C=O) groups is 1. The number of carbonyl (C=O) groups excluding carboxylic acids is 1. The molecule has 0 bridgehead atoms. The maximum Gasteiger partial charge on any atom is 0.242 e. The topological polar surface area (TPSA) is 92.1 Å². The van der Waals surface area contributed by atoms with Gasteiger partial charge in [0.1, 0.15) is 17.7 Å². The summed E-state index contributed by atoms with van der Waals surface area (Å²) in [5.41, 5.74) is 2.46. The van der Waals surface area contributed by atoms with E-state index in [1.54, 1.807) is 19.1 Å². The number of hydrogen-bond donors (Lipinski definition) is 4. The highest BCUT2D eigenvalue weighted by Gasteiger charge is 2.12. The lowest BCUT2D eigenvalue weighted by molar-refractivity contribution is -0.121. The van der Waals surface area contributed by atoms with Crippen molar-refractivity contribution in [3.05, 3.63) is 18.2 Å². The molecule has 0 saturated heterocycles. The first-order chi connectivity index (χ1) is 8.52. The average Bonchev–Trinajstić information content (AvgIpc) is 2.36. The first kappa shape index (κ1) is 14.2. The average molecular weight is 251 g/mol. The Bertz CT molecular complexity index is 394. The standard InChI is InChI=1S/C12H21N5O/c1-8(2)7-14-12(18)9(3)15-10-5-4-6-11(16-10)17-13/h4-6,8-9H,7,13H2,1-3H3,(H,14,18)(H2,15,16,17). The van der Waals surface area contributed by atoms with Crippen LogP contribution < -0.4 is 21.9 Å². The molecule has 0 spiro atoms. The zero-order valence-corrected chi connectivity index (χ0v) is 11.0. The number of amides is 1. The number of nitrogen functional groups attached to an aromatic ring is 1. The van der Waals surface area contributed by atoms with Gasteiger partial charge < -0.3 is 16.1 Å². The van der Waals surface area contributed by atoms with Crippen molar-refractivity contribution in [2.24, 2.45) is 11.8 Å². The fourth-order valence-corrected chi connectivity index (χ4v) is 1.34. The number of pyridine rings is 1. The highest BCUT2D eigenvalue weighted by atomic mass is 16.2. The lowest BCUT2D eigenvalue weighted by atomic mass is 10.2. The smallest absolute Gasteiger partial charge is 0.242 e. The Hall–Kier alpha value is -1.82. The van der Waals surface area contributed by atoms with Crippen molar-refractivity contribution < 1.29 is 4.79 Å². The molecule has 0 saturated carbocycles.